The zero-order valence-corrected chi connectivity index (χ0v) is 5.79. The predicted octanol–water partition coefficient (Wildman–Crippen LogP) is 1.14. The molecule has 1 aliphatic rings. The van der Waals surface area contributed by atoms with Gasteiger partial charge in [0.2, 0.25) is 0 Å². The molecule has 58 valence electrons. The fourth-order valence-corrected chi connectivity index (χ4v) is 1.17. The molecule has 4 heteroatoms. The summed E-state index contributed by atoms with van der Waals surface area (Å²) >= 11 is 0. The molecule has 0 aliphatic carbocycles. The van der Waals surface area contributed by atoms with Gasteiger partial charge in [0.25, 0.3) is 0 Å². The number of H-pyrrole nitrogens is 1. The van der Waals surface area contributed by atoms with Crippen molar-refractivity contribution >= 4 is 6.08 Å². The number of nitrogens with one attached hydrogen (secondary N) is 1. The highest BCUT2D eigenvalue weighted by Gasteiger charge is 2.19. The van der Waals surface area contributed by atoms with Crippen LogP contribution in [0.15, 0.2) is 18.5 Å². The zero-order chi connectivity index (χ0) is 7.84. The molecule has 1 aliphatic heterocycles. The van der Waals surface area contributed by atoms with Crippen LogP contribution in [-0.4, -0.2) is 10.1 Å². The molecule has 0 bridgehead atoms. The van der Waals surface area contributed by atoms with E-state index in [1.54, 1.807) is 18.3 Å². The van der Waals surface area contributed by atoms with E-state index in [1.807, 2.05) is 0 Å². The van der Waals surface area contributed by atoms with E-state index in [0.717, 1.165) is 11.3 Å². The summed E-state index contributed by atoms with van der Waals surface area (Å²) in [6, 6.07) is 1.77. The zero-order valence-electron chi connectivity index (χ0n) is 5.79. The van der Waals surface area contributed by atoms with Crippen LogP contribution in [0, 0.1) is 0 Å². The van der Waals surface area contributed by atoms with Crippen LogP contribution in [0.5, 0.6) is 0 Å². The maximum Gasteiger partial charge on any atom is 0.136 e. The smallest absolute Gasteiger partial charge is 0.136 e. The number of nitrogens with two attached hydrogens (primary N) is 1. The molecule has 0 spiro atoms. The van der Waals surface area contributed by atoms with Crippen molar-refractivity contribution in [2.45, 2.75) is 6.17 Å². The van der Waals surface area contributed by atoms with Crippen molar-refractivity contribution in [3.8, 4) is 0 Å². The van der Waals surface area contributed by atoms with Crippen LogP contribution in [-0.2, 0) is 0 Å². The number of nitrogens with zero attached hydrogens (tertiary/aromatic N) is 1. The average Bonchev–Trinajstić information content (AvgIpc) is 2.45. The summed E-state index contributed by atoms with van der Waals surface area (Å²) in [6.45, 7) is 0. The van der Waals surface area contributed by atoms with Crippen molar-refractivity contribution in [3.05, 3.63) is 29.7 Å². The fraction of sp³-hybridized carbons (Fsp3) is 0.143. The van der Waals surface area contributed by atoms with E-state index < -0.39 is 6.17 Å². The van der Waals surface area contributed by atoms with E-state index in [2.05, 4.69) is 4.98 Å². The first kappa shape index (κ1) is 6.42. The molecular formula is C7H8FN3. The number of aromatic nitrogens is 1. The van der Waals surface area contributed by atoms with E-state index in [0.29, 0.717) is 5.12 Å². The SMILES string of the molecule is NC1c2cc[nH]c2C=CN1F. The first-order valence-electron chi connectivity index (χ1n) is 3.34. The normalized spacial score (nSPS) is 22.0. The standard InChI is InChI=1S/C7H8FN3/c8-11-4-2-6-5(7(11)9)1-3-10-6/h1-4,7,10H,9H2. The van der Waals surface area contributed by atoms with E-state index in [4.69, 9.17) is 5.73 Å². The molecule has 1 aromatic heterocycles. The van der Waals surface area contributed by atoms with Crippen LogP contribution in [0.2, 0.25) is 0 Å². The molecule has 3 N–H and O–H groups in total. The van der Waals surface area contributed by atoms with Crippen molar-refractivity contribution in [1.82, 2.24) is 10.1 Å². The van der Waals surface area contributed by atoms with E-state index in [-0.39, 0.29) is 0 Å². The molecule has 1 unspecified atom stereocenters. The summed E-state index contributed by atoms with van der Waals surface area (Å²) in [6.07, 6.45) is 4.04. The summed E-state index contributed by atoms with van der Waals surface area (Å²) in [5.74, 6) is 0. The van der Waals surface area contributed by atoms with Gasteiger partial charge in [-0.2, -0.15) is 5.12 Å². The Morgan fingerprint density at radius 1 is 1.64 bits per heavy atom. The summed E-state index contributed by atoms with van der Waals surface area (Å²) in [4.78, 5) is 2.95. The van der Waals surface area contributed by atoms with Crippen molar-refractivity contribution < 1.29 is 4.48 Å². The van der Waals surface area contributed by atoms with Crippen LogP contribution in [0.3, 0.4) is 0 Å². The third-order valence-electron chi connectivity index (χ3n) is 1.78. The molecule has 2 heterocycles. The Kier molecular flexibility index (Phi) is 1.22. The molecule has 1 atom stereocenters. The van der Waals surface area contributed by atoms with Crippen LogP contribution in [0.1, 0.15) is 17.4 Å². The Morgan fingerprint density at radius 3 is 3.27 bits per heavy atom. The largest absolute Gasteiger partial charge is 0.361 e. The molecule has 0 radical (unpaired) electrons. The highest BCUT2D eigenvalue weighted by Crippen LogP contribution is 2.25. The van der Waals surface area contributed by atoms with Crippen molar-refractivity contribution in [2.24, 2.45) is 5.73 Å². The number of hydrogen-bond donors (Lipinski definition) is 2. The Labute approximate surface area is 63.2 Å². The highest BCUT2D eigenvalue weighted by molar-refractivity contribution is 5.52. The highest BCUT2D eigenvalue weighted by atomic mass is 19.2. The molecule has 0 aromatic carbocycles. The molecule has 0 fully saturated rings. The minimum Gasteiger partial charge on any atom is -0.361 e. The molecule has 2 rings (SSSR count). The van der Waals surface area contributed by atoms with Gasteiger partial charge in [-0.25, -0.2) is 0 Å². The van der Waals surface area contributed by atoms with E-state index >= 15 is 0 Å². The van der Waals surface area contributed by atoms with Gasteiger partial charge in [0.15, 0.2) is 0 Å². The number of rotatable bonds is 0. The van der Waals surface area contributed by atoms with E-state index in [9.17, 15) is 4.48 Å². The lowest BCUT2D eigenvalue weighted by atomic mass is 10.1. The molecular weight excluding hydrogens is 145 g/mol. The average molecular weight is 153 g/mol. The molecule has 0 amide bonds. The van der Waals surface area contributed by atoms with Gasteiger partial charge in [-0.3, -0.25) is 0 Å². The number of hydrogen-bond acceptors (Lipinski definition) is 2. The van der Waals surface area contributed by atoms with Gasteiger partial charge >= 0.3 is 0 Å². The minimum absolute atomic E-state index is 0.482. The second kappa shape index (κ2) is 2.10. The lowest BCUT2D eigenvalue weighted by Gasteiger charge is -2.21. The monoisotopic (exact) mass is 153 g/mol. The summed E-state index contributed by atoms with van der Waals surface area (Å²) < 4.78 is 12.7. The fourth-order valence-electron chi connectivity index (χ4n) is 1.17. The van der Waals surface area contributed by atoms with Crippen LogP contribution >= 0.6 is 0 Å². The summed E-state index contributed by atoms with van der Waals surface area (Å²) in [7, 11) is 0. The summed E-state index contributed by atoms with van der Waals surface area (Å²) in [5, 5.41) is 0.482. The number of fused-ring (bicyclic) bond motifs is 1. The maximum absolute atomic E-state index is 12.7. The van der Waals surface area contributed by atoms with Crippen LogP contribution < -0.4 is 5.73 Å². The van der Waals surface area contributed by atoms with Gasteiger partial charge < -0.3 is 10.7 Å². The second-order valence-electron chi connectivity index (χ2n) is 2.45. The molecule has 0 saturated heterocycles. The lowest BCUT2D eigenvalue weighted by Crippen LogP contribution is -2.25. The minimum atomic E-state index is -0.666. The number of halogens is 1. The van der Waals surface area contributed by atoms with Gasteiger partial charge in [-0.05, 0) is 12.1 Å². The molecule has 0 saturated carbocycles. The summed E-state index contributed by atoms with van der Waals surface area (Å²) in [5.41, 5.74) is 7.18. The Morgan fingerprint density at radius 2 is 2.45 bits per heavy atom. The van der Waals surface area contributed by atoms with Gasteiger partial charge in [-0.1, -0.05) is 4.48 Å². The van der Waals surface area contributed by atoms with Gasteiger partial charge in [0.05, 0.1) is 0 Å². The predicted molar refractivity (Wildman–Crippen MR) is 39.7 cm³/mol. The van der Waals surface area contributed by atoms with Crippen molar-refractivity contribution in [3.63, 3.8) is 0 Å². The molecule has 3 nitrogen and oxygen atoms in total. The van der Waals surface area contributed by atoms with Gasteiger partial charge in [0, 0.05) is 23.7 Å². The van der Waals surface area contributed by atoms with Crippen LogP contribution in [0.25, 0.3) is 6.08 Å². The van der Waals surface area contributed by atoms with Crippen molar-refractivity contribution in [2.75, 3.05) is 0 Å². The van der Waals surface area contributed by atoms with E-state index in [1.165, 1.54) is 6.20 Å². The first-order valence-corrected chi connectivity index (χ1v) is 3.34. The second-order valence-corrected chi connectivity index (χ2v) is 2.45. The topological polar surface area (TPSA) is 45.1 Å². The van der Waals surface area contributed by atoms with Gasteiger partial charge in [-0.15, -0.1) is 0 Å². The lowest BCUT2D eigenvalue weighted by molar-refractivity contribution is 0.0372. The van der Waals surface area contributed by atoms with Crippen LogP contribution in [0.4, 0.5) is 4.48 Å². The third kappa shape index (κ3) is 0.832. The Bertz CT molecular complexity index is 292. The van der Waals surface area contributed by atoms with Crippen molar-refractivity contribution in [1.29, 1.82) is 0 Å². The van der Waals surface area contributed by atoms with Gasteiger partial charge in [0.1, 0.15) is 6.17 Å². The maximum atomic E-state index is 12.7. The molecule has 11 heavy (non-hydrogen) atoms. The Hall–Kier alpha value is -1.29. The quantitative estimate of drug-likeness (QED) is 0.549. The molecule has 1 aromatic rings. The Balaban J connectivity index is 2.48. The third-order valence-corrected chi connectivity index (χ3v) is 1.78. The number of aromatic amines is 1. The first-order chi connectivity index (χ1) is 5.29.